The Morgan fingerprint density at radius 1 is 0.906 bits per heavy atom. The number of carbonyl (C=O) groups is 1. The monoisotopic (exact) mass is 426 g/mol. The van der Waals surface area contributed by atoms with Crippen LogP contribution in [-0.4, -0.2) is 20.6 Å². The van der Waals surface area contributed by atoms with E-state index in [2.05, 4.69) is 0 Å². The summed E-state index contributed by atoms with van der Waals surface area (Å²) in [5.41, 5.74) is 2.48. The van der Waals surface area contributed by atoms with Gasteiger partial charge in [-0.2, -0.15) is 0 Å². The van der Waals surface area contributed by atoms with Crippen LogP contribution in [0.3, 0.4) is 0 Å². The van der Waals surface area contributed by atoms with Crippen LogP contribution in [0.4, 0.5) is 0 Å². The number of fused-ring (bicyclic) bond motifs is 2. The molecule has 32 heavy (non-hydrogen) atoms. The van der Waals surface area contributed by atoms with Crippen molar-refractivity contribution in [1.82, 2.24) is 0 Å². The van der Waals surface area contributed by atoms with Crippen molar-refractivity contribution in [2.45, 2.75) is 13.8 Å². The molecule has 4 aromatic rings. The van der Waals surface area contributed by atoms with Crippen LogP contribution in [0.15, 0.2) is 63.8 Å². The van der Waals surface area contributed by atoms with E-state index in [9.17, 15) is 9.59 Å². The Labute approximate surface area is 184 Å². The first-order chi connectivity index (χ1) is 15.4. The molecule has 0 spiro atoms. The van der Waals surface area contributed by atoms with Crippen molar-refractivity contribution in [1.29, 1.82) is 0 Å². The second kappa shape index (κ2) is 7.60. The summed E-state index contributed by atoms with van der Waals surface area (Å²) in [6, 6.07) is 15.8. The van der Waals surface area contributed by atoms with E-state index in [-0.39, 0.29) is 18.0 Å². The third-order valence-electron chi connectivity index (χ3n) is 5.49. The summed E-state index contributed by atoms with van der Waals surface area (Å²) in [7, 11) is 1.91. The molecule has 0 atom stereocenters. The van der Waals surface area contributed by atoms with Gasteiger partial charge in [-0.05, 0) is 55.3 Å². The van der Waals surface area contributed by atoms with E-state index in [0.717, 1.165) is 11.0 Å². The quantitative estimate of drug-likeness (QED) is 0.370. The van der Waals surface area contributed by atoms with Gasteiger partial charge in [-0.1, -0.05) is 29.7 Å². The van der Waals surface area contributed by atoms with Crippen LogP contribution >= 0.6 is 0 Å². The Morgan fingerprint density at radius 3 is 2.50 bits per heavy atom. The topological polar surface area (TPSA) is 75.0 Å². The molecule has 5 rings (SSSR count). The highest BCUT2D eigenvalue weighted by Gasteiger charge is 2.20. The lowest BCUT2D eigenvalue weighted by Crippen LogP contribution is -2.12. The average Bonchev–Trinajstić information content (AvgIpc) is 3.31. The van der Waals surface area contributed by atoms with Crippen LogP contribution in [0.2, 0.25) is 0 Å². The summed E-state index contributed by atoms with van der Waals surface area (Å²) in [6.45, 7) is 3.63. The van der Waals surface area contributed by atoms with Crippen molar-refractivity contribution in [3.8, 4) is 28.4 Å². The summed E-state index contributed by atoms with van der Waals surface area (Å²) in [5.74, 6) is 1.98. The maximum absolute atomic E-state index is 13.1. The average molecular weight is 426 g/mol. The molecule has 0 N–H and O–H groups in total. The fraction of sp³-hybridized carbons (Fsp3) is 0.120. The maximum atomic E-state index is 13.1. The molecular formula is C25H19BO6. The number of aryl methyl sites for hydroxylation is 2. The second-order valence-corrected chi connectivity index (χ2v) is 7.76. The van der Waals surface area contributed by atoms with Crippen LogP contribution in [0.25, 0.3) is 21.9 Å². The highest BCUT2D eigenvalue weighted by atomic mass is 16.7. The molecule has 1 aliphatic heterocycles. The molecule has 0 amide bonds. The lowest BCUT2D eigenvalue weighted by atomic mass is 9.94. The molecule has 0 bridgehead atoms. The first kappa shape index (κ1) is 19.9. The molecular weight excluding hydrogens is 407 g/mol. The number of hydrogen-bond donors (Lipinski definition) is 0. The number of ether oxygens (including phenoxy) is 3. The Hall–Kier alpha value is -4.00. The number of rotatable bonds is 3. The molecule has 0 aliphatic carbocycles. The summed E-state index contributed by atoms with van der Waals surface area (Å²) < 4.78 is 22.4. The van der Waals surface area contributed by atoms with E-state index in [1.165, 1.54) is 6.07 Å². The smallest absolute Gasteiger partial charge is 0.343 e. The molecule has 158 valence electrons. The van der Waals surface area contributed by atoms with Gasteiger partial charge in [-0.25, -0.2) is 4.79 Å². The molecule has 0 saturated heterocycles. The summed E-state index contributed by atoms with van der Waals surface area (Å²) in [6.07, 6.45) is 0. The van der Waals surface area contributed by atoms with Gasteiger partial charge in [0.05, 0.1) is 16.3 Å². The fourth-order valence-electron chi connectivity index (χ4n) is 4.00. The predicted octanol–water partition coefficient (Wildman–Crippen LogP) is 3.28. The van der Waals surface area contributed by atoms with Crippen LogP contribution in [-0.2, 0) is 0 Å². The lowest BCUT2D eigenvalue weighted by Gasteiger charge is -2.07. The zero-order chi connectivity index (χ0) is 22.4. The van der Waals surface area contributed by atoms with Gasteiger partial charge in [0.25, 0.3) is 0 Å². The SMILES string of the molecule is Bc1cccc(C(=O)Oc2cc(-c3ccc4c(c3)OCO4)cc(=O)c3c(C)oc(C)c23)c1. The molecule has 1 aromatic heterocycles. The van der Waals surface area contributed by atoms with Gasteiger partial charge in [-0.3, -0.25) is 4.79 Å². The molecule has 2 heterocycles. The molecule has 7 heteroatoms. The Balaban J connectivity index is 1.70. The van der Waals surface area contributed by atoms with Crippen molar-refractivity contribution >= 4 is 30.1 Å². The van der Waals surface area contributed by atoms with Crippen molar-refractivity contribution in [3.63, 3.8) is 0 Å². The van der Waals surface area contributed by atoms with Gasteiger partial charge in [-0.15, -0.1) is 0 Å². The van der Waals surface area contributed by atoms with Crippen LogP contribution in [0.5, 0.6) is 17.2 Å². The molecule has 0 saturated carbocycles. The van der Waals surface area contributed by atoms with Gasteiger partial charge >= 0.3 is 5.97 Å². The summed E-state index contributed by atoms with van der Waals surface area (Å²) in [5, 5.41) is 0.877. The molecule has 1 aliphatic rings. The largest absolute Gasteiger partial charge is 0.465 e. The number of carbonyl (C=O) groups excluding carboxylic acids is 1. The van der Waals surface area contributed by atoms with Gasteiger partial charge in [0.2, 0.25) is 6.79 Å². The minimum absolute atomic E-state index is 0.154. The number of hydrogen-bond acceptors (Lipinski definition) is 6. The minimum atomic E-state index is -0.511. The van der Waals surface area contributed by atoms with E-state index < -0.39 is 5.97 Å². The first-order valence-corrected chi connectivity index (χ1v) is 10.2. The molecule has 0 unspecified atom stereocenters. The van der Waals surface area contributed by atoms with Crippen molar-refractivity contribution in [3.05, 3.63) is 81.9 Å². The Morgan fingerprint density at radius 2 is 1.69 bits per heavy atom. The molecule has 0 fully saturated rings. The van der Waals surface area contributed by atoms with E-state index in [0.29, 0.717) is 44.9 Å². The summed E-state index contributed by atoms with van der Waals surface area (Å²) >= 11 is 0. The lowest BCUT2D eigenvalue weighted by molar-refractivity contribution is 0.0737. The van der Waals surface area contributed by atoms with Crippen LogP contribution < -0.4 is 25.1 Å². The Bertz CT molecular complexity index is 1450. The van der Waals surface area contributed by atoms with Crippen molar-refractivity contribution < 1.29 is 23.4 Å². The predicted molar refractivity (Wildman–Crippen MR) is 123 cm³/mol. The number of esters is 1. The van der Waals surface area contributed by atoms with Gasteiger partial charge in [0.1, 0.15) is 25.1 Å². The van der Waals surface area contributed by atoms with E-state index in [4.69, 9.17) is 18.6 Å². The van der Waals surface area contributed by atoms with Gasteiger partial charge < -0.3 is 18.6 Å². The van der Waals surface area contributed by atoms with Crippen LogP contribution in [0, 0.1) is 13.8 Å². The normalized spacial score (nSPS) is 12.2. The van der Waals surface area contributed by atoms with Gasteiger partial charge in [0, 0.05) is 0 Å². The van der Waals surface area contributed by atoms with Gasteiger partial charge in [0.15, 0.2) is 16.9 Å². The molecule has 0 radical (unpaired) electrons. The van der Waals surface area contributed by atoms with Crippen molar-refractivity contribution in [2.24, 2.45) is 0 Å². The maximum Gasteiger partial charge on any atom is 0.343 e. The van der Waals surface area contributed by atoms with Crippen molar-refractivity contribution in [2.75, 3.05) is 6.79 Å². The van der Waals surface area contributed by atoms with E-state index in [1.54, 1.807) is 50.2 Å². The van der Waals surface area contributed by atoms with E-state index >= 15 is 0 Å². The Kier molecular flexibility index (Phi) is 4.74. The van der Waals surface area contributed by atoms with Crippen LogP contribution in [0.1, 0.15) is 21.9 Å². The zero-order valence-corrected chi connectivity index (χ0v) is 17.9. The third kappa shape index (κ3) is 3.41. The highest BCUT2D eigenvalue weighted by Crippen LogP contribution is 2.38. The molecule has 3 aromatic carbocycles. The second-order valence-electron chi connectivity index (χ2n) is 7.76. The molecule has 6 nitrogen and oxygen atoms in total. The summed E-state index contributed by atoms with van der Waals surface area (Å²) in [4.78, 5) is 26.1. The standard InChI is InChI=1S/C25H19BO6/c1-13-23-19(27)9-17(15-6-7-20-21(10-15)30-12-29-20)11-22(24(23)14(2)31-13)32-25(28)16-4-3-5-18(26)8-16/h3-11H,12,26H2,1-2H3. The zero-order valence-electron chi connectivity index (χ0n) is 17.9. The number of furan rings is 1. The number of benzene rings is 2. The fourth-order valence-corrected chi connectivity index (χ4v) is 4.00. The van der Waals surface area contributed by atoms with E-state index in [1.807, 2.05) is 20.0 Å². The minimum Gasteiger partial charge on any atom is -0.465 e. The third-order valence-corrected chi connectivity index (χ3v) is 5.49. The highest BCUT2D eigenvalue weighted by molar-refractivity contribution is 6.32. The first-order valence-electron chi connectivity index (χ1n) is 10.2.